The summed E-state index contributed by atoms with van der Waals surface area (Å²) in [6, 6.07) is 16.4. The summed E-state index contributed by atoms with van der Waals surface area (Å²) in [5, 5.41) is 2.25. The molecule has 1 fully saturated rings. The number of aryl methyl sites for hydroxylation is 1. The summed E-state index contributed by atoms with van der Waals surface area (Å²) in [7, 11) is 0. The molecule has 3 amide bonds. The predicted molar refractivity (Wildman–Crippen MR) is 99.6 cm³/mol. The van der Waals surface area contributed by atoms with E-state index in [1.54, 1.807) is 18.2 Å². The number of amides is 3. The molecule has 1 heterocycles. The first-order valence-electron chi connectivity index (χ1n) is 7.94. The van der Waals surface area contributed by atoms with E-state index in [2.05, 4.69) is 5.32 Å². The van der Waals surface area contributed by atoms with Gasteiger partial charge in [0.2, 0.25) is 17.7 Å². The Hall–Kier alpha value is -2.60. The number of hydrogen-bond acceptors (Lipinski definition) is 4. The van der Waals surface area contributed by atoms with Gasteiger partial charge in [-0.1, -0.05) is 30.3 Å². The standard InChI is InChI=1S/C19H18N2O3S/c1-13-6-5-9-15(10-13)21-18(23)11-16(19(21)24)25-12-17(22)20-14-7-3-2-4-8-14/h2-10,16H,11-12H2,1H3,(H,20,22)/t16-/m1/s1. The van der Waals surface area contributed by atoms with Crippen molar-refractivity contribution in [1.29, 1.82) is 0 Å². The van der Waals surface area contributed by atoms with Crippen LogP contribution in [-0.4, -0.2) is 28.7 Å². The number of rotatable bonds is 5. The maximum Gasteiger partial charge on any atom is 0.247 e. The van der Waals surface area contributed by atoms with Gasteiger partial charge in [-0.3, -0.25) is 14.4 Å². The number of nitrogens with one attached hydrogen (secondary N) is 1. The third kappa shape index (κ3) is 4.09. The molecule has 5 nitrogen and oxygen atoms in total. The third-order valence-corrected chi connectivity index (χ3v) is 5.04. The van der Waals surface area contributed by atoms with Crippen LogP contribution in [-0.2, 0) is 14.4 Å². The van der Waals surface area contributed by atoms with Crippen molar-refractivity contribution < 1.29 is 14.4 Å². The lowest BCUT2D eigenvalue weighted by Gasteiger charge is -2.15. The Morgan fingerprint density at radius 1 is 1.16 bits per heavy atom. The molecule has 2 aromatic rings. The molecule has 1 saturated heterocycles. The average Bonchev–Trinajstić information content (AvgIpc) is 2.88. The number of hydrogen-bond donors (Lipinski definition) is 1. The fourth-order valence-electron chi connectivity index (χ4n) is 2.67. The highest BCUT2D eigenvalue weighted by atomic mass is 32.2. The zero-order chi connectivity index (χ0) is 17.8. The van der Waals surface area contributed by atoms with Crippen LogP contribution in [0.1, 0.15) is 12.0 Å². The van der Waals surface area contributed by atoms with Crippen LogP contribution in [0.5, 0.6) is 0 Å². The summed E-state index contributed by atoms with van der Waals surface area (Å²) >= 11 is 1.20. The van der Waals surface area contributed by atoms with Gasteiger partial charge in [0.05, 0.1) is 16.7 Å². The Bertz CT molecular complexity index is 807. The van der Waals surface area contributed by atoms with Crippen LogP contribution in [0, 0.1) is 6.92 Å². The molecule has 3 rings (SSSR count). The van der Waals surface area contributed by atoms with Gasteiger partial charge in [0.15, 0.2) is 0 Å². The SMILES string of the molecule is Cc1cccc(N2C(=O)C[C@@H](SCC(=O)Nc3ccccc3)C2=O)c1. The normalized spacial score (nSPS) is 17.0. The van der Waals surface area contributed by atoms with Crippen molar-refractivity contribution in [2.75, 3.05) is 16.0 Å². The van der Waals surface area contributed by atoms with E-state index >= 15 is 0 Å². The summed E-state index contributed by atoms with van der Waals surface area (Å²) in [6.07, 6.45) is 0.121. The smallest absolute Gasteiger partial charge is 0.247 e. The van der Waals surface area contributed by atoms with E-state index < -0.39 is 5.25 Å². The van der Waals surface area contributed by atoms with Crippen LogP contribution >= 0.6 is 11.8 Å². The molecule has 0 radical (unpaired) electrons. The Morgan fingerprint density at radius 3 is 2.64 bits per heavy atom. The van der Waals surface area contributed by atoms with Crippen LogP contribution in [0.15, 0.2) is 54.6 Å². The van der Waals surface area contributed by atoms with E-state index in [4.69, 9.17) is 0 Å². The fourth-order valence-corrected chi connectivity index (χ4v) is 3.60. The molecule has 128 valence electrons. The van der Waals surface area contributed by atoms with Crippen LogP contribution in [0.25, 0.3) is 0 Å². The Kier molecular flexibility index (Phi) is 5.19. The van der Waals surface area contributed by atoms with Gasteiger partial charge in [0, 0.05) is 12.1 Å². The number of carbonyl (C=O) groups excluding carboxylic acids is 3. The highest BCUT2D eigenvalue weighted by Crippen LogP contribution is 2.30. The van der Waals surface area contributed by atoms with Gasteiger partial charge in [-0.2, -0.15) is 0 Å². The van der Waals surface area contributed by atoms with Gasteiger partial charge in [-0.05, 0) is 36.8 Å². The number of nitrogens with zero attached hydrogens (tertiary/aromatic N) is 1. The lowest BCUT2D eigenvalue weighted by Crippen LogP contribution is -2.31. The number of thioether (sulfide) groups is 1. The topological polar surface area (TPSA) is 66.5 Å². The quantitative estimate of drug-likeness (QED) is 0.838. The molecule has 0 saturated carbocycles. The minimum Gasteiger partial charge on any atom is -0.325 e. The third-order valence-electron chi connectivity index (χ3n) is 3.84. The zero-order valence-electron chi connectivity index (χ0n) is 13.8. The van der Waals surface area contributed by atoms with Gasteiger partial charge in [-0.15, -0.1) is 11.8 Å². The Balaban J connectivity index is 1.60. The second-order valence-electron chi connectivity index (χ2n) is 5.82. The van der Waals surface area contributed by atoms with Crippen LogP contribution in [0.3, 0.4) is 0 Å². The predicted octanol–water partition coefficient (Wildman–Crippen LogP) is 3.00. The summed E-state index contributed by atoms with van der Waals surface area (Å²) < 4.78 is 0. The van der Waals surface area contributed by atoms with E-state index in [1.165, 1.54) is 16.7 Å². The second-order valence-corrected chi connectivity index (χ2v) is 7.02. The van der Waals surface area contributed by atoms with Crippen molar-refractivity contribution in [3.63, 3.8) is 0 Å². The molecule has 1 atom stereocenters. The molecule has 2 aromatic carbocycles. The monoisotopic (exact) mass is 354 g/mol. The molecule has 0 spiro atoms. The number of anilines is 2. The summed E-state index contributed by atoms with van der Waals surface area (Å²) in [6.45, 7) is 1.91. The van der Waals surface area contributed by atoms with Crippen LogP contribution < -0.4 is 10.2 Å². The van der Waals surface area contributed by atoms with Gasteiger partial charge in [0.1, 0.15) is 0 Å². The lowest BCUT2D eigenvalue weighted by molar-refractivity contribution is -0.121. The maximum absolute atomic E-state index is 12.6. The average molecular weight is 354 g/mol. The molecule has 25 heavy (non-hydrogen) atoms. The van der Waals surface area contributed by atoms with E-state index in [9.17, 15) is 14.4 Å². The zero-order valence-corrected chi connectivity index (χ0v) is 14.6. The van der Waals surface area contributed by atoms with Crippen LogP contribution in [0.2, 0.25) is 0 Å². The number of imide groups is 1. The first kappa shape index (κ1) is 17.2. The number of carbonyl (C=O) groups is 3. The second kappa shape index (κ2) is 7.53. The Labute approximate surface area is 150 Å². The van der Waals surface area contributed by atoms with Gasteiger partial charge in [0.25, 0.3) is 0 Å². The molecule has 0 aromatic heterocycles. The molecule has 0 aliphatic carbocycles. The van der Waals surface area contributed by atoms with Gasteiger partial charge >= 0.3 is 0 Å². The first-order valence-corrected chi connectivity index (χ1v) is 8.99. The Morgan fingerprint density at radius 2 is 1.92 bits per heavy atom. The summed E-state index contributed by atoms with van der Waals surface area (Å²) in [4.78, 5) is 38.0. The maximum atomic E-state index is 12.6. The van der Waals surface area contributed by atoms with Crippen molar-refractivity contribution in [2.24, 2.45) is 0 Å². The summed E-state index contributed by atoms with van der Waals surface area (Å²) in [5.41, 5.74) is 2.28. The van der Waals surface area contributed by atoms with Gasteiger partial charge in [-0.25, -0.2) is 4.90 Å². The molecule has 1 N–H and O–H groups in total. The number of benzene rings is 2. The van der Waals surface area contributed by atoms with E-state index in [1.807, 2.05) is 43.3 Å². The van der Waals surface area contributed by atoms with Gasteiger partial charge < -0.3 is 5.32 Å². The summed E-state index contributed by atoms with van der Waals surface area (Å²) in [5.74, 6) is -0.546. The van der Waals surface area contributed by atoms with Crippen molar-refractivity contribution in [2.45, 2.75) is 18.6 Å². The fraction of sp³-hybridized carbons (Fsp3) is 0.211. The van der Waals surface area contributed by atoms with E-state index in [0.29, 0.717) is 11.4 Å². The van der Waals surface area contributed by atoms with Crippen molar-refractivity contribution >= 4 is 40.9 Å². The number of para-hydroxylation sites is 1. The highest BCUT2D eigenvalue weighted by molar-refractivity contribution is 8.01. The lowest BCUT2D eigenvalue weighted by atomic mass is 10.2. The molecule has 6 heteroatoms. The molecule has 0 unspecified atom stereocenters. The van der Waals surface area contributed by atoms with Crippen molar-refractivity contribution in [3.05, 3.63) is 60.2 Å². The molecule has 0 bridgehead atoms. The highest BCUT2D eigenvalue weighted by Gasteiger charge is 2.40. The molecular weight excluding hydrogens is 336 g/mol. The van der Waals surface area contributed by atoms with Crippen LogP contribution in [0.4, 0.5) is 11.4 Å². The largest absolute Gasteiger partial charge is 0.325 e. The molecular formula is C19H18N2O3S. The first-order chi connectivity index (χ1) is 12.0. The molecule has 1 aliphatic rings. The minimum absolute atomic E-state index is 0.121. The van der Waals surface area contributed by atoms with Crippen molar-refractivity contribution in [1.82, 2.24) is 0 Å². The van der Waals surface area contributed by atoms with E-state index in [0.717, 1.165) is 5.56 Å². The molecule has 1 aliphatic heterocycles. The minimum atomic E-state index is -0.519. The van der Waals surface area contributed by atoms with E-state index in [-0.39, 0.29) is 29.9 Å². The van der Waals surface area contributed by atoms with Crippen molar-refractivity contribution in [3.8, 4) is 0 Å².